The van der Waals surface area contributed by atoms with E-state index >= 15 is 0 Å². The van der Waals surface area contributed by atoms with E-state index in [-0.39, 0.29) is 22.9 Å². The van der Waals surface area contributed by atoms with Crippen molar-refractivity contribution in [2.24, 2.45) is 0 Å². The van der Waals surface area contributed by atoms with Gasteiger partial charge in [0.1, 0.15) is 11.5 Å². The number of nitro benzene ring substituents is 2. The second-order valence-corrected chi connectivity index (χ2v) is 9.20. The van der Waals surface area contributed by atoms with Crippen molar-refractivity contribution in [2.75, 3.05) is 13.2 Å². The normalized spacial score (nSPS) is 11.0. The molecule has 0 saturated carbocycles. The lowest BCUT2D eigenvalue weighted by Crippen LogP contribution is -2.06. The predicted molar refractivity (Wildman–Crippen MR) is 161 cm³/mol. The van der Waals surface area contributed by atoms with Gasteiger partial charge < -0.3 is 9.47 Å². The molecule has 43 heavy (non-hydrogen) atoms. The zero-order valence-corrected chi connectivity index (χ0v) is 22.8. The average molecular weight is 579 g/mol. The molecule has 0 aliphatic carbocycles. The van der Waals surface area contributed by atoms with Gasteiger partial charge in [0.2, 0.25) is 0 Å². The number of rotatable bonds is 14. The first-order valence-corrected chi connectivity index (χ1v) is 13.2. The molecule has 0 saturated heterocycles. The fraction of sp³-hybridized carbons (Fsp3) is 0.0909. The molecule has 0 fully saturated rings. The van der Waals surface area contributed by atoms with Crippen LogP contribution in [0.5, 0.6) is 11.5 Å². The minimum atomic E-state index is -0.482. The SMILES string of the molecule is O=C(/C=C/c1ccc([N+](=O)[O-])cc1)c1cccc(OCCCOc2cccc(C(=O)/C=C/c3ccc([N+](=O)[O-])cc3)c2)c1. The van der Waals surface area contributed by atoms with Crippen LogP contribution in [0, 0.1) is 20.2 Å². The van der Waals surface area contributed by atoms with Gasteiger partial charge in [0, 0.05) is 41.8 Å². The predicted octanol–water partition coefficient (Wildman–Crippen LogP) is 7.14. The summed E-state index contributed by atoms with van der Waals surface area (Å²) in [4.78, 5) is 45.7. The smallest absolute Gasteiger partial charge is 0.269 e. The highest BCUT2D eigenvalue weighted by atomic mass is 16.6. The fourth-order valence-corrected chi connectivity index (χ4v) is 3.87. The third-order valence-electron chi connectivity index (χ3n) is 6.13. The van der Waals surface area contributed by atoms with Crippen molar-refractivity contribution in [3.8, 4) is 11.5 Å². The third-order valence-corrected chi connectivity index (χ3v) is 6.13. The first kappa shape index (κ1) is 30.1. The van der Waals surface area contributed by atoms with Crippen molar-refractivity contribution in [3.05, 3.63) is 152 Å². The first-order chi connectivity index (χ1) is 20.8. The van der Waals surface area contributed by atoms with Gasteiger partial charge in [-0.25, -0.2) is 0 Å². The van der Waals surface area contributed by atoms with Crippen LogP contribution in [-0.2, 0) is 0 Å². The highest BCUT2D eigenvalue weighted by Gasteiger charge is 2.07. The number of ether oxygens (including phenoxy) is 2. The molecule has 4 aromatic carbocycles. The van der Waals surface area contributed by atoms with Gasteiger partial charge in [0.25, 0.3) is 11.4 Å². The lowest BCUT2D eigenvalue weighted by atomic mass is 10.1. The summed E-state index contributed by atoms with van der Waals surface area (Å²) in [6, 6.07) is 25.4. The van der Waals surface area contributed by atoms with Crippen molar-refractivity contribution >= 4 is 35.1 Å². The molecule has 216 valence electrons. The summed E-state index contributed by atoms with van der Waals surface area (Å²) in [5.74, 6) is 0.595. The molecule has 0 N–H and O–H groups in total. The largest absolute Gasteiger partial charge is 0.493 e. The molecule has 0 radical (unpaired) electrons. The van der Waals surface area contributed by atoms with Crippen molar-refractivity contribution < 1.29 is 28.9 Å². The van der Waals surface area contributed by atoms with E-state index < -0.39 is 9.85 Å². The molecule has 4 rings (SSSR count). The lowest BCUT2D eigenvalue weighted by molar-refractivity contribution is -0.385. The number of ketones is 2. The van der Waals surface area contributed by atoms with E-state index in [1.165, 1.54) is 36.4 Å². The van der Waals surface area contributed by atoms with Crippen LogP contribution in [0.25, 0.3) is 12.2 Å². The van der Waals surface area contributed by atoms with Gasteiger partial charge >= 0.3 is 0 Å². The van der Waals surface area contributed by atoms with E-state index in [0.29, 0.717) is 53.4 Å². The summed E-state index contributed by atoms with van der Waals surface area (Å²) >= 11 is 0. The van der Waals surface area contributed by atoms with Gasteiger partial charge in [-0.1, -0.05) is 36.4 Å². The molecule has 0 bridgehead atoms. The molecule has 0 aliphatic heterocycles. The minimum Gasteiger partial charge on any atom is -0.493 e. The minimum absolute atomic E-state index is 0.0199. The van der Waals surface area contributed by atoms with Gasteiger partial charge in [-0.15, -0.1) is 0 Å². The molecule has 0 spiro atoms. The number of hydrogen-bond acceptors (Lipinski definition) is 8. The lowest BCUT2D eigenvalue weighted by Gasteiger charge is -2.09. The second-order valence-electron chi connectivity index (χ2n) is 9.20. The third kappa shape index (κ3) is 9.05. The van der Waals surface area contributed by atoms with Crippen molar-refractivity contribution in [1.82, 2.24) is 0 Å². The summed E-state index contributed by atoms with van der Waals surface area (Å²) in [5.41, 5.74) is 2.18. The van der Waals surface area contributed by atoms with Gasteiger partial charge in [-0.05, 0) is 71.8 Å². The van der Waals surface area contributed by atoms with Crippen molar-refractivity contribution in [1.29, 1.82) is 0 Å². The number of hydrogen-bond donors (Lipinski definition) is 0. The number of benzene rings is 4. The number of allylic oxidation sites excluding steroid dienone is 2. The highest BCUT2D eigenvalue weighted by molar-refractivity contribution is 6.07. The summed E-state index contributed by atoms with van der Waals surface area (Å²) in [6.07, 6.45) is 6.54. The zero-order valence-electron chi connectivity index (χ0n) is 22.8. The number of carbonyl (C=O) groups is 2. The van der Waals surface area contributed by atoms with E-state index in [9.17, 15) is 29.8 Å². The van der Waals surface area contributed by atoms with Gasteiger partial charge in [0.15, 0.2) is 11.6 Å². The summed E-state index contributed by atoms with van der Waals surface area (Å²) < 4.78 is 11.5. The Morgan fingerprint density at radius 3 is 1.37 bits per heavy atom. The van der Waals surface area contributed by atoms with Crippen LogP contribution in [0.2, 0.25) is 0 Å². The average Bonchev–Trinajstić information content (AvgIpc) is 3.03. The van der Waals surface area contributed by atoms with E-state index in [1.807, 2.05) is 0 Å². The number of carbonyl (C=O) groups excluding carboxylic acids is 2. The maximum Gasteiger partial charge on any atom is 0.269 e. The van der Waals surface area contributed by atoms with Crippen molar-refractivity contribution in [3.63, 3.8) is 0 Å². The molecule has 10 heteroatoms. The molecular weight excluding hydrogens is 552 g/mol. The van der Waals surface area contributed by atoms with Crippen LogP contribution in [-0.4, -0.2) is 34.6 Å². The first-order valence-electron chi connectivity index (χ1n) is 13.2. The molecule has 0 heterocycles. The Hall–Kier alpha value is -5.90. The molecule has 0 amide bonds. The fourth-order valence-electron chi connectivity index (χ4n) is 3.87. The van der Waals surface area contributed by atoms with Crippen LogP contribution in [0.4, 0.5) is 11.4 Å². The Morgan fingerprint density at radius 2 is 1.00 bits per heavy atom. The van der Waals surface area contributed by atoms with Gasteiger partial charge in [0.05, 0.1) is 23.1 Å². The second kappa shape index (κ2) is 14.6. The Labute approximate surface area is 246 Å². The summed E-state index contributed by atoms with van der Waals surface area (Å²) in [7, 11) is 0. The molecule has 4 aromatic rings. The van der Waals surface area contributed by atoms with E-state index in [1.54, 1.807) is 84.9 Å². The van der Waals surface area contributed by atoms with Crippen LogP contribution in [0.15, 0.2) is 109 Å². The molecular formula is C33H26N2O8. The van der Waals surface area contributed by atoms with Gasteiger partial charge in [-0.3, -0.25) is 29.8 Å². The number of non-ortho nitro benzene ring substituents is 2. The van der Waals surface area contributed by atoms with Crippen LogP contribution in [0.3, 0.4) is 0 Å². The Balaban J connectivity index is 1.22. The van der Waals surface area contributed by atoms with E-state index in [4.69, 9.17) is 9.47 Å². The van der Waals surface area contributed by atoms with E-state index in [0.717, 1.165) is 0 Å². The quantitative estimate of drug-likeness (QED) is 0.0506. The van der Waals surface area contributed by atoms with E-state index in [2.05, 4.69) is 0 Å². The van der Waals surface area contributed by atoms with Crippen molar-refractivity contribution in [2.45, 2.75) is 6.42 Å². The zero-order chi connectivity index (χ0) is 30.6. The molecule has 0 unspecified atom stereocenters. The maximum absolute atomic E-state index is 12.6. The Morgan fingerprint density at radius 1 is 0.605 bits per heavy atom. The highest BCUT2D eigenvalue weighted by Crippen LogP contribution is 2.18. The van der Waals surface area contributed by atoms with Gasteiger partial charge in [-0.2, -0.15) is 0 Å². The summed E-state index contributed by atoms with van der Waals surface area (Å²) in [6.45, 7) is 0.680. The topological polar surface area (TPSA) is 139 Å². The Kier molecular flexibility index (Phi) is 10.2. The molecule has 0 aromatic heterocycles. The van der Waals surface area contributed by atoms with Crippen LogP contribution < -0.4 is 9.47 Å². The molecule has 0 atom stereocenters. The molecule has 10 nitrogen and oxygen atoms in total. The number of nitro groups is 2. The summed E-state index contributed by atoms with van der Waals surface area (Å²) in [5, 5.41) is 21.5. The number of nitrogens with zero attached hydrogens (tertiary/aromatic N) is 2. The van der Waals surface area contributed by atoms with Crippen LogP contribution >= 0.6 is 0 Å². The maximum atomic E-state index is 12.6. The van der Waals surface area contributed by atoms with Crippen LogP contribution in [0.1, 0.15) is 38.3 Å². The standard InChI is InChI=1S/C33H26N2O8/c36-32(18-12-24-8-14-28(15-9-24)34(38)39)26-4-1-6-30(22-26)42-20-3-21-43-31-7-2-5-27(23-31)33(37)19-13-25-10-16-29(17-11-25)35(40)41/h1-2,4-19,22-23H,3,20-21H2/b18-12+,19-13+. The monoisotopic (exact) mass is 578 g/mol. The molecule has 0 aliphatic rings. The Bertz CT molecular complexity index is 1550.